The summed E-state index contributed by atoms with van der Waals surface area (Å²) in [6.07, 6.45) is 7.16. The summed E-state index contributed by atoms with van der Waals surface area (Å²) in [6, 6.07) is 27.7. The van der Waals surface area contributed by atoms with E-state index in [-0.39, 0.29) is 12.0 Å². The van der Waals surface area contributed by atoms with E-state index in [0.29, 0.717) is 11.8 Å². The number of hydrogen-bond acceptors (Lipinski definition) is 4. The summed E-state index contributed by atoms with van der Waals surface area (Å²) < 4.78 is 11.3. The number of nitrogens with zero attached hydrogens (tertiary/aromatic N) is 1. The molecule has 1 saturated carbocycles. The zero-order chi connectivity index (χ0) is 25.4. The zero-order valence-electron chi connectivity index (χ0n) is 21.7. The normalized spacial score (nSPS) is 28.5. The molecule has 0 bridgehead atoms. The van der Waals surface area contributed by atoms with Crippen LogP contribution in [0.4, 0.5) is 0 Å². The first-order valence-electron chi connectivity index (χ1n) is 13.5. The SMILES string of the molecule is COc1ccc([C@@H]2N3CCC[C@H]3[C@H](c3ccccc3)[C@]23CCC/C(=C\c2ccccc2)C3=O)cc1OC. The number of ketones is 1. The molecule has 2 heterocycles. The van der Waals surface area contributed by atoms with E-state index in [9.17, 15) is 4.79 Å². The van der Waals surface area contributed by atoms with Crippen LogP contribution in [0.3, 0.4) is 0 Å². The van der Waals surface area contributed by atoms with Crippen molar-refractivity contribution in [3.63, 3.8) is 0 Å². The second kappa shape index (κ2) is 9.83. The molecule has 0 radical (unpaired) electrons. The molecule has 1 aliphatic carbocycles. The number of ether oxygens (including phenoxy) is 2. The molecule has 0 unspecified atom stereocenters. The molecule has 3 aromatic rings. The lowest BCUT2D eigenvalue weighted by molar-refractivity contribution is -0.129. The lowest BCUT2D eigenvalue weighted by Crippen LogP contribution is -2.44. The summed E-state index contributed by atoms with van der Waals surface area (Å²) in [5.41, 5.74) is 3.98. The number of carbonyl (C=O) groups excluding carboxylic acids is 1. The molecule has 4 atom stereocenters. The van der Waals surface area contributed by atoms with Crippen molar-refractivity contribution in [3.05, 3.63) is 101 Å². The average molecular weight is 494 g/mol. The number of hydrogen-bond donors (Lipinski definition) is 0. The fraction of sp³-hybridized carbons (Fsp3) is 0.364. The zero-order valence-corrected chi connectivity index (χ0v) is 21.7. The molecule has 6 rings (SSSR count). The third-order valence-electron chi connectivity index (χ3n) is 8.87. The Bertz CT molecular complexity index is 1300. The Morgan fingerprint density at radius 2 is 1.59 bits per heavy atom. The third kappa shape index (κ3) is 3.90. The van der Waals surface area contributed by atoms with Gasteiger partial charge in [0, 0.05) is 18.0 Å². The topological polar surface area (TPSA) is 38.8 Å². The molecule has 1 spiro atoms. The Balaban J connectivity index is 1.55. The van der Waals surface area contributed by atoms with Gasteiger partial charge in [-0.25, -0.2) is 0 Å². The van der Waals surface area contributed by atoms with E-state index in [2.05, 4.69) is 65.6 Å². The molecular weight excluding hydrogens is 458 g/mol. The smallest absolute Gasteiger partial charge is 0.167 e. The lowest BCUT2D eigenvalue weighted by Gasteiger charge is -2.44. The molecule has 190 valence electrons. The highest BCUT2D eigenvalue weighted by Gasteiger charge is 2.65. The largest absolute Gasteiger partial charge is 0.493 e. The Labute approximate surface area is 219 Å². The molecular formula is C33H35NO3. The highest BCUT2D eigenvalue weighted by atomic mass is 16.5. The molecule has 3 aromatic carbocycles. The van der Waals surface area contributed by atoms with Gasteiger partial charge in [0.15, 0.2) is 17.3 Å². The fourth-order valence-electron chi connectivity index (χ4n) is 7.54. The predicted molar refractivity (Wildman–Crippen MR) is 147 cm³/mol. The minimum absolute atomic E-state index is 0.00279. The minimum atomic E-state index is -0.523. The standard InChI is InChI=1S/C33H35NO3/c1-36-28-18-17-25(22-29(28)37-2)31-33(19-9-15-26(32(33)35)21-23-11-5-3-6-12-23)30(24-13-7-4-8-14-24)27-16-10-20-34(27)31/h3-8,11-14,17-18,21-22,27,30-31H,9-10,15-16,19-20H2,1-2H3/b26-21+/t27-,30-,31-,33+/m0/s1. The van der Waals surface area contributed by atoms with Crippen LogP contribution in [-0.2, 0) is 4.79 Å². The molecule has 2 saturated heterocycles. The number of benzene rings is 3. The number of methoxy groups -OCH3 is 2. The van der Waals surface area contributed by atoms with Crippen LogP contribution < -0.4 is 9.47 Å². The van der Waals surface area contributed by atoms with Gasteiger partial charge in [-0.1, -0.05) is 66.7 Å². The van der Waals surface area contributed by atoms with Crippen molar-refractivity contribution in [3.8, 4) is 11.5 Å². The first-order valence-corrected chi connectivity index (χ1v) is 13.5. The second-order valence-corrected chi connectivity index (χ2v) is 10.7. The highest BCUT2D eigenvalue weighted by Crippen LogP contribution is 2.65. The van der Waals surface area contributed by atoms with Crippen LogP contribution >= 0.6 is 0 Å². The second-order valence-electron chi connectivity index (χ2n) is 10.7. The first kappa shape index (κ1) is 24.0. The van der Waals surface area contributed by atoms with E-state index >= 15 is 0 Å². The Morgan fingerprint density at radius 1 is 0.865 bits per heavy atom. The molecule has 0 aromatic heterocycles. The number of fused-ring (bicyclic) bond motifs is 1. The Kier molecular flexibility index (Phi) is 6.37. The van der Waals surface area contributed by atoms with Crippen molar-refractivity contribution >= 4 is 11.9 Å². The fourth-order valence-corrected chi connectivity index (χ4v) is 7.54. The van der Waals surface area contributed by atoms with Gasteiger partial charge in [-0.2, -0.15) is 0 Å². The van der Waals surface area contributed by atoms with E-state index in [1.165, 1.54) is 5.56 Å². The average Bonchev–Trinajstić information content (AvgIpc) is 3.50. The monoisotopic (exact) mass is 493 g/mol. The van der Waals surface area contributed by atoms with E-state index < -0.39 is 5.41 Å². The maximum absolute atomic E-state index is 14.9. The van der Waals surface area contributed by atoms with Crippen LogP contribution in [0.1, 0.15) is 60.8 Å². The summed E-state index contributed by atoms with van der Waals surface area (Å²) in [5.74, 6) is 1.92. The van der Waals surface area contributed by atoms with Crippen LogP contribution in [-0.4, -0.2) is 37.5 Å². The first-order chi connectivity index (χ1) is 18.2. The number of carbonyl (C=O) groups is 1. The van der Waals surface area contributed by atoms with Gasteiger partial charge in [-0.3, -0.25) is 9.69 Å². The van der Waals surface area contributed by atoms with Crippen molar-refractivity contribution < 1.29 is 14.3 Å². The molecule has 4 heteroatoms. The summed E-state index contributed by atoms with van der Waals surface area (Å²) in [5, 5.41) is 0. The van der Waals surface area contributed by atoms with Gasteiger partial charge < -0.3 is 9.47 Å². The van der Waals surface area contributed by atoms with Crippen molar-refractivity contribution in [1.29, 1.82) is 0 Å². The van der Waals surface area contributed by atoms with Crippen LogP contribution in [0.25, 0.3) is 6.08 Å². The maximum atomic E-state index is 14.9. The van der Waals surface area contributed by atoms with Gasteiger partial charge in [0.05, 0.1) is 19.6 Å². The van der Waals surface area contributed by atoms with Gasteiger partial charge in [-0.05, 0) is 79.1 Å². The van der Waals surface area contributed by atoms with Crippen LogP contribution in [0.2, 0.25) is 0 Å². The molecule has 0 N–H and O–H groups in total. The number of allylic oxidation sites excluding steroid dienone is 1. The van der Waals surface area contributed by atoms with Crippen LogP contribution in [0, 0.1) is 5.41 Å². The third-order valence-corrected chi connectivity index (χ3v) is 8.87. The number of rotatable bonds is 5. The van der Waals surface area contributed by atoms with E-state index in [4.69, 9.17) is 9.47 Å². The van der Waals surface area contributed by atoms with E-state index in [0.717, 1.165) is 66.8 Å². The molecule has 3 fully saturated rings. The molecule has 37 heavy (non-hydrogen) atoms. The van der Waals surface area contributed by atoms with Crippen LogP contribution in [0.5, 0.6) is 11.5 Å². The number of Topliss-reactive ketones (excluding diaryl/α,β-unsaturated/α-hetero) is 1. The van der Waals surface area contributed by atoms with Gasteiger partial charge >= 0.3 is 0 Å². The van der Waals surface area contributed by atoms with Crippen molar-refractivity contribution in [2.75, 3.05) is 20.8 Å². The van der Waals surface area contributed by atoms with E-state index in [1.807, 2.05) is 24.3 Å². The van der Waals surface area contributed by atoms with Crippen LogP contribution in [0.15, 0.2) is 84.4 Å². The van der Waals surface area contributed by atoms with Crippen molar-refractivity contribution in [2.45, 2.75) is 50.1 Å². The maximum Gasteiger partial charge on any atom is 0.167 e. The summed E-state index contributed by atoms with van der Waals surface area (Å²) in [6.45, 7) is 1.01. The van der Waals surface area contributed by atoms with Crippen molar-refractivity contribution in [2.24, 2.45) is 5.41 Å². The Morgan fingerprint density at radius 3 is 2.32 bits per heavy atom. The van der Waals surface area contributed by atoms with E-state index in [1.54, 1.807) is 14.2 Å². The highest BCUT2D eigenvalue weighted by molar-refractivity contribution is 6.05. The van der Waals surface area contributed by atoms with Gasteiger partial charge in [0.25, 0.3) is 0 Å². The van der Waals surface area contributed by atoms with Crippen molar-refractivity contribution in [1.82, 2.24) is 4.90 Å². The van der Waals surface area contributed by atoms with Gasteiger partial charge in [0.1, 0.15) is 0 Å². The van der Waals surface area contributed by atoms with Gasteiger partial charge in [0.2, 0.25) is 0 Å². The predicted octanol–water partition coefficient (Wildman–Crippen LogP) is 6.83. The summed E-state index contributed by atoms with van der Waals surface area (Å²) >= 11 is 0. The molecule has 3 aliphatic rings. The Hall–Kier alpha value is -3.37. The summed E-state index contributed by atoms with van der Waals surface area (Å²) in [7, 11) is 3.35. The summed E-state index contributed by atoms with van der Waals surface area (Å²) in [4.78, 5) is 17.5. The molecule has 4 nitrogen and oxygen atoms in total. The minimum Gasteiger partial charge on any atom is -0.493 e. The lowest BCUT2D eigenvalue weighted by atomic mass is 9.57. The molecule has 0 amide bonds. The molecule has 2 aliphatic heterocycles. The van der Waals surface area contributed by atoms with Gasteiger partial charge in [-0.15, -0.1) is 0 Å². The quantitative estimate of drug-likeness (QED) is 0.365.